The number of hydrogen-bond donors (Lipinski definition) is 1. The van der Waals surface area contributed by atoms with E-state index < -0.39 is 0 Å². The Morgan fingerprint density at radius 2 is 2.19 bits per heavy atom. The highest BCUT2D eigenvalue weighted by Gasteiger charge is 2.26. The van der Waals surface area contributed by atoms with Crippen LogP contribution < -0.4 is 5.32 Å². The van der Waals surface area contributed by atoms with Crippen LogP contribution in [0.15, 0.2) is 35.7 Å². The molecule has 8 heteroatoms. The second kappa shape index (κ2) is 8.75. The number of morpholine rings is 1. The molecule has 1 aromatic heterocycles. The van der Waals surface area contributed by atoms with Crippen molar-refractivity contribution in [2.75, 3.05) is 25.0 Å². The molecule has 2 amide bonds. The molecule has 2 aromatic rings. The van der Waals surface area contributed by atoms with E-state index in [9.17, 15) is 4.79 Å². The molecule has 1 saturated heterocycles. The Morgan fingerprint density at radius 3 is 2.89 bits per heavy atom. The van der Waals surface area contributed by atoms with Gasteiger partial charge in [-0.3, -0.25) is 0 Å². The largest absolute Gasteiger partial charge is 0.374 e. The molecule has 0 spiro atoms. The fourth-order valence-electron chi connectivity index (χ4n) is 2.94. The van der Waals surface area contributed by atoms with Gasteiger partial charge in [0.25, 0.3) is 0 Å². The SMILES string of the molecule is CC(C)C1CN(C(=O)Nc2cccc([C@H](C)Sc3nncn3C)c2)CCO1. The van der Waals surface area contributed by atoms with Crippen molar-refractivity contribution in [1.29, 1.82) is 0 Å². The molecule has 0 bridgehead atoms. The second-order valence-electron chi connectivity index (χ2n) is 7.14. The summed E-state index contributed by atoms with van der Waals surface area (Å²) in [5, 5.41) is 12.1. The van der Waals surface area contributed by atoms with Crippen molar-refractivity contribution in [2.45, 2.75) is 37.3 Å². The highest BCUT2D eigenvalue weighted by molar-refractivity contribution is 7.99. The number of benzene rings is 1. The van der Waals surface area contributed by atoms with Crippen LogP contribution in [0.3, 0.4) is 0 Å². The van der Waals surface area contributed by atoms with E-state index in [0.29, 0.717) is 25.6 Å². The zero-order valence-corrected chi connectivity index (χ0v) is 17.1. The maximum Gasteiger partial charge on any atom is 0.322 e. The monoisotopic (exact) mass is 389 g/mol. The number of rotatable bonds is 5. The van der Waals surface area contributed by atoms with Crippen LogP contribution in [0.2, 0.25) is 0 Å². The van der Waals surface area contributed by atoms with E-state index in [0.717, 1.165) is 16.4 Å². The van der Waals surface area contributed by atoms with Crippen LogP contribution in [0.5, 0.6) is 0 Å². The molecule has 1 aliphatic rings. The smallest absolute Gasteiger partial charge is 0.322 e. The van der Waals surface area contributed by atoms with E-state index in [1.54, 1.807) is 18.1 Å². The number of hydrogen-bond acceptors (Lipinski definition) is 5. The maximum atomic E-state index is 12.7. The van der Waals surface area contributed by atoms with Gasteiger partial charge in [0.05, 0.1) is 12.7 Å². The molecule has 2 heterocycles. The van der Waals surface area contributed by atoms with Gasteiger partial charge in [-0.25, -0.2) is 4.79 Å². The van der Waals surface area contributed by atoms with Crippen molar-refractivity contribution in [3.8, 4) is 0 Å². The fraction of sp³-hybridized carbons (Fsp3) is 0.526. The summed E-state index contributed by atoms with van der Waals surface area (Å²) in [6.45, 7) is 8.18. The fourth-order valence-corrected chi connectivity index (χ4v) is 3.85. The van der Waals surface area contributed by atoms with Gasteiger partial charge in [0.2, 0.25) is 0 Å². The summed E-state index contributed by atoms with van der Waals surface area (Å²) < 4.78 is 7.64. The Balaban J connectivity index is 1.63. The van der Waals surface area contributed by atoms with Crippen LogP contribution in [0, 0.1) is 5.92 Å². The molecule has 1 aromatic carbocycles. The molecule has 3 rings (SSSR count). The van der Waals surface area contributed by atoms with Crippen LogP contribution in [0.4, 0.5) is 10.5 Å². The second-order valence-corrected chi connectivity index (χ2v) is 8.45. The van der Waals surface area contributed by atoms with Gasteiger partial charge >= 0.3 is 6.03 Å². The lowest BCUT2D eigenvalue weighted by Crippen LogP contribution is -2.48. The third-order valence-electron chi connectivity index (χ3n) is 4.68. The molecule has 0 saturated carbocycles. The topological polar surface area (TPSA) is 72.3 Å². The lowest BCUT2D eigenvalue weighted by molar-refractivity contribution is -0.0354. The summed E-state index contributed by atoms with van der Waals surface area (Å²) in [7, 11) is 1.93. The number of ether oxygens (including phenoxy) is 1. The van der Waals surface area contributed by atoms with Crippen LogP contribution in [-0.4, -0.2) is 51.5 Å². The van der Waals surface area contributed by atoms with Crippen molar-refractivity contribution in [3.63, 3.8) is 0 Å². The molecule has 7 nitrogen and oxygen atoms in total. The first kappa shape index (κ1) is 19.7. The van der Waals surface area contributed by atoms with E-state index in [2.05, 4.69) is 42.4 Å². The third-order valence-corrected chi connectivity index (χ3v) is 5.89. The number of nitrogens with zero attached hydrogens (tertiary/aromatic N) is 4. The number of carbonyl (C=O) groups is 1. The van der Waals surface area contributed by atoms with E-state index in [4.69, 9.17) is 4.74 Å². The number of amides is 2. The van der Waals surface area contributed by atoms with Crippen LogP contribution in [0.1, 0.15) is 31.6 Å². The summed E-state index contributed by atoms with van der Waals surface area (Å²) in [5.41, 5.74) is 1.93. The Labute approximate surface area is 164 Å². The molecule has 1 N–H and O–H groups in total. The number of nitrogens with one attached hydrogen (secondary N) is 1. The van der Waals surface area contributed by atoms with Crippen molar-refractivity contribution in [1.82, 2.24) is 19.7 Å². The number of aryl methyl sites for hydroxylation is 1. The quantitative estimate of drug-likeness (QED) is 0.792. The number of thioether (sulfide) groups is 1. The summed E-state index contributed by atoms with van der Waals surface area (Å²) in [5.74, 6) is 0.391. The van der Waals surface area contributed by atoms with Gasteiger partial charge in [-0.1, -0.05) is 37.7 Å². The van der Waals surface area contributed by atoms with Crippen LogP contribution >= 0.6 is 11.8 Å². The predicted octanol–water partition coefficient (Wildman–Crippen LogP) is 3.56. The van der Waals surface area contributed by atoms with Gasteiger partial charge in [0, 0.05) is 31.1 Å². The molecule has 1 aliphatic heterocycles. The van der Waals surface area contributed by atoms with Crippen molar-refractivity contribution in [3.05, 3.63) is 36.2 Å². The molecule has 27 heavy (non-hydrogen) atoms. The molecular weight excluding hydrogens is 362 g/mol. The van der Waals surface area contributed by atoms with Crippen molar-refractivity contribution in [2.24, 2.45) is 13.0 Å². The Kier molecular flexibility index (Phi) is 6.38. The highest BCUT2D eigenvalue weighted by Crippen LogP contribution is 2.34. The summed E-state index contributed by atoms with van der Waals surface area (Å²) in [6, 6.07) is 7.89. The Hall–Kier alpha value is -2.06. The van der Waals surface area contributed by atoms with Gasteiger partial charge in [-0.2, -0.15) is 0 Å². The van der Waals surface area contributed by atoms with Crippen molar-refractivity contribution >= 4 is 23.5 Å². The van der Waals surface area contributed by atoms with Gasteiger partial charge in [-0.05, 0) is 30.5 Å². The maximum absolute atomic E-state index is 12.7. The first-order valence-electron chi connectivity index (χ1n) is 9.22. The van der Waals surface area contributed by atoms with E-state index in [-0.39, 0.29) is 17.4 Å². The Bertz CT molecular complexity index is 779. The number of aromatic nitrogens is 3. The molecule has 146 valence electrons. The van der Waals surface area contributed by atoms with Gasteiger partial charge in [0.15, 0.2) is 5.16 Å². The first-order chi connectivity index (χ1) is 12.9. The van der Waals surface area contributed by atoms with Crippen molar-refractivity contribution < 1.29 is 9.53 Å². The van der Waals surface area contributed by atoms with Gasteiger partial charge in [0.1, 0.15) is 6.33 Å². The normalized spacial score (nSPS) is 18.6. The summed E-state index contributed by atoms with van der Waals surface area (Å²) in [6.07, 6.45) is 1.79. The molecule has 0 aliphatic carbocycles. The average molecular weight is 390 g/mol. The van der Waals surface area contributed by atoms with E-state index in [1.807, 2.05) is 34.7 Å². The standard InChI is InChI=1S/C19H27N5O2S/c1-13(2)17-11-24(8-9-26-17)18(25)21-16-7-5-6-15(10-16)14(3)27-19-22-20-12-23(19)4/h5-7,10,12-14,17H,8-9,11H2,1-4H3,(H,21,25)/t14-,17?/m0/s1. The van der Waals surface area contributed by atoms with E-state index in [1.165, 1.54) is 0 Å². The minimum absolute atomic E-state index is 0.0743. The summed E-state index contributed by atoms with van der Waals surface area (Å²) in [4.78, 5) is 14.5. The number of anilines is 1. The lowest BCUT2D eigenvalue weighted by Gasteiger charge is -2.34. The third kappa shape index (κ3) is 5.01. The summed E-state index contributed by atoms with van der Waals surface area (Å²) >= 11 is 1.64. The van der Waals surface area contributed by atoms with E-state index >= 15 is 0 Å². The molecule has 1 unspecified atom stereocenters. The Morgan fingerprint density at radius 1 is 1.37 bits per heavy atom. The van der Waals surface area contributed by atoms with Crippen LogP contribution in [0.25, 0.3) is 0 Å². The highest BCUT2D eigenvalue weighted by atomic mass is 32.2. The van der Waals surface area contributed by atoms with Gasteiger partial charge < -0.3 is 19.5 Å². The lowest BCUT2D eigenvalue weighted by atomic mass is 10.1. The minimum atomic E-state index is -0.0743. The zero-order chi connectivity index (χ0) is 19.4. The molecule has 1 fully saturated rings. The number of urea groups is 1. The number of carbonyl (C=O) groups excluding carboxylic acids is 1. The van der Waals surface area contributed by atoms with Gasteiger partial charge in [-0.15, -0.1) is 10.2 Å². The first-order valence-corrected chi connectivity index (χ1v) is 10.1. The van der Waals surface area contributed by atoms with Crippen LogP contribution in [-0.2, 0) is 11.8 Å². The zero-order valence-electron chi connectivity index (χ0n) is 16.3. The molecule has 0 radical (unpaired) electrons. The average Bonchev–Trinajstić information content (AvgIpc) is 3.06. The minimum Gasteiger partial charge on any atom is -0.374 e. The predicted molar refractivity (Wildman–Crippen MR) is 107 cm³/mol. The molecule has 2 atom stereocenters. The molecular formula is C19H27N5O2S.